The molecular formula is C20H19N5O2S. The van der Waals surface area contributed by atoms with Gasteiger partial charge in [-0.15, -0.1) is 0 Å². The summed E-state index contributed by atoms with van der Waals surface area (Å²) < 4.78 is 0. The molecule has 28 heavy (non-hydrogen) atoms. The maximum atomic E-state index is 12.2. The van der Waals surface area contributed by atoms with Gasteiger partial charge in [0.05, 0.1) is 6.20 Å². The number of aryl methyl sites for hydroxylation is 1. The minimum atomic E-state index is -0.662. The number of nitrogens with zero attached hydrogens (tertiary/aromatic N) is 2. The number of nitrogens with one attached hydrogen (secondary N) is 3. The van der Waals surface area contributed by atoms with Gasteiger partial charge in [-0.25, -0.2) is 0 Å². The summed E-state index contributed by atoms with van der Waals surface area (Å²) in [5, 5.41) is 12.4. The topological polar surface area (TPSA) is 99.8 Å². The molecule has 1 atom stereocenters. The summed E-state index contributed by atoms with van der Waals surface area (Å²) in [5.74, 6) is -1.28. The third kappa shape index (κ3) is 4.40. The molecule has 2 heterocycles. The second-order valence-electron chi connectivity index (χ2n) is 6.55. The van der Waals surface area contributed by atoms with Crippen LogP contribution in [0.1, 0.15) is 17.7 Å². The van der Waals surface area contributed by atoms with Crippen LogP contribution in [0.15, 0.2) is 64.8 Å². The van der Waals surface area contributed by atoms with Gasteiger partial charge in [-0.1, -0.05) is 11.8 Å². The number of aromatic nitrogens is 3. The highest BCUT2D eigenvalue weighted by molar-refractivity contribution is 7.99. The molecule has 3 aromatic rings. The molecule has 0 aliphatic heterocycles. The Morgan fingerprint density at radius 3 is 2.57 bits per heavy atom. The van der Waals surface area contributed by atoms with Crippen molar-refractivity contribution in [2.75, 3.05) is 5.32 Å². The maximum absolute atomic E-state index is 12.2. The molecule has 0 radical (unpaired) electrons. The van der Waals surface area contributed by atoms with Crippen LogP contribution in [0, 0.1) is 0 Å². The van der Waals surface area contributed by atoms with E-state index < -0.39 is 11.8 Å². The van der Waals surface area contributed by atoms with Crippen molar-refractivity contribution in [1.29, 1.82) is 0 Å². The molecule has 0 spiro atoms. The second-order valence-corrected chi connectivity index (χ2v) is 7.70. The van der Waals surface area contributed by atoms with E-state index in [1.54, 1.807) is 36.3 Å². The van der Waals surface area contributed by atoms with Crippen LogP contribution >= 0.6 is 11.8 Å². The number of hydrogen-bond donors (Lipinski definition) is 3. The summed E-state index contributed by atoms with van der Waals surface area (Å²) in [6.07, 6.45) is 7.61. The van der Waals surface area contributed by atoms with Crippen molar-refractivity contribution in [3.8, 4) is 0 Å². The number of rotatable bonds is 4. The normalized spacial score (nSPS) is 15.5. The van der Waals surface area contributed by atoms with E-state index >= 15 is 0 Å². The van der Waals surface area contributed by atoms with Crippen LogP contribution in [0.4, 0.5) is 5.69 Å². The third-order valence-corrected chi connectivity index (χ3v) is 5.57. The first-order valence-corrected chi connectivity index (χ1v) is 9.80. The average molecular weight is 393 g/mol. The first kappa shape index (κ1) is 18.2. The van der Waals surface area contributed by atoms with Crippen molar-refractivity contribution in [3.05, 3.63) is 66.2 Å². The van der Waals surface area contributed by atoms with Gasteiger partial charge in [-0.05, 0) is 54.8 Å². The van der Waals surface area contributed by atoms with E-state index in [1.807, 2.05) is 30.5 Å². The summed E-state index contributed by atoms with van der Waals surface area (Å²) in [4.78, 5) is 30.5. The molecule has 3 N–H and O–H groups in total. The van der Waals surface area contributed by atoms with Crippen LogP contribution < -0.4 is 10.6 Å². The molecule has 1 aliphatic rings. The number of pyridine rings is 1. The zero-order valence-corrected chi connectivity index (χ0v) is 15.8. The lowest BCUT2D eigenvalue weighted by molar-refractivity contribution is -0.136. The standard InChI is InChI=1S/C20H19N5O2S/c26-19(20(27)24-15-2-1-13-12-22-25-18(13)11-15)23-14-3-5-16(6-4-14)28-17-7-9-21-10-8-17/h3-10,12,15H,1-2,11H2,(H,22,25)(H,23,26)(H,24,27). The number of aromatic amines is 1. The number of amides is 2. The van der Waals surface area contributed by atoms with E-state index in [9.17, 15) is 9.59 Å². The van der Waals surface area contributed by atoms with Gasteiger partial charge in [0.25, 0.3) is 0 Å². The molecule has 1 aliphatic carbocycles. The number of carbonyl (C=O) groups excluding carboxylic acids is 2. The molecule has 0 bridgehead atoms. The molecule has 2 amide bonds. The minimum absolute atomic E-state index is 0.0645. The van der Waals surface area contributed by atoms with Crippen LogP contribution in [0.25, 0.3) is 0 Å². The average Bonchev–Trinajstić information content (AvgIpc) is 3.18. The predicted octanol–water partition coefficient (Wildman–Crippen LogP) is 2.57. The number of anilines is 1. The Labute approximate surface area is 166 Å². The van der Waals surface area contributed by atoms with Crippen molar-refractivity contribution in [2.24, 2.45) is 0 Å². The van der Waals surface area contributed by atoms with Gasteiger partial charge >= 0.3 is 11.8 Å². The molecule has 0 saturated carbocycles. The number of benzene rings is 1. The summed E-state index contributed by atoms with van der Waals surface area (Å²) >= 11 is 1.60. The van der Waals surface area contributed by atoms with Gasteiger partial charge in [0.1, 0.15) is 0 Å². The monoisotopic (exact) mass is 393 g/mol. The smallest absolute Gasteiger partial charge is 0.313 e. The highest BCUT2D eigenvalue weighted by atomic mass is 32.2. The summed E-state index contributed by atoms with van der Waals surface area (Å²) in [6.45, 7) is 0. The Balaban J connectivity index is 1.30. The van der Waals surface area contributed by atoms with Crippen LogP contribution in [0.2, 0.25) is 0 Å². The van der Waals surface area contributed by atoms with E-state index in [0.717, 1.165) is 28.3 Å². The van der Waals surface area contributed by atoms with E-state index in [1.165, 1.54) is 5.56 Å². The lowest BCUT2D eigenvalue weighted by Crippen LogP contribution is -2.44. The van der Waals surface area contributed by atoms with Gasteiger partial charge in [-0.2, -0.15) is 5.10 Å². The minimum Gasteiger partial charge on any atom is -0.345 e. The van der Waals surface area contributed by atoms with Gasteiger partial charge < -0.3 is 10.6 Å². The van der Waals surface area contributed by atoms with Crippen molar-refractivity contribution in [2.45, 2.75) is 35.1 Å². The molecule has 1 unspecified atom stereocenters. The van der Waals surface area contributed by atoms with Gasteiger partial charge in [0.2, 0.25) is 0 Å². The Kier molecular flexibility index (Phi) is 5.38. The predicted molar refractivity (Wildman–Crippen MR) is 106 cm³/mol. The molecule has 4 rings (SSSR count). The number of H-pyrrole nitrogens is 1. The lowest BCUT2D eigenvalue weighted by Gasteiger charge is -2.22. The first-order valence-electron chi connectivity index (χ1n) is 8.98. The van der Waals surface area contributed by atoms with Crippen molar-refractivity contribution < 1.29 is 9.59 Å². The fourth-order valence-electron chi connectivity index (χ4n) is 3.12. The largest absolute Gasteiger partial charge is 0.345 e. The van der Waals surface area contributed by atoms with Crippen molar-refractivity contribution >= 4 is 29.3 Å². The Morgan fingerprint density at radius 2 is 1.79 bits per heavy atom. The third-order valence-electron chi connectivity index (χ3n) is 4.56. The fourth-order valence-corrected chi connectivity index (χ4v) is 3.92. The second kappa shape index (κ2) is 8.26. The number of carbonyl (C=O) groups is 2. The Morgan fingerprint density at radius 1 is 1.04 bits per heavy atom. The Hall–Kier alpha value is -3.13. The molecule has 0 saturated heterocycles. The summed E-state index contributed by atoms with van der Waals surface area (Å²) in [6, 6.07) is 11.2. The van der Waals surface area contributed by atoms with Crippen LogP contribution in [0.3, 0.4) is 0 Å². The summed E-state index contributed by atoms with van der Waals surface area (Å²) in [7, 11) is 0. The highest BCUT2D eigenvalue weighted by Gasteiger charge is 2.24. The van der Waals surface area contributed by atoms with Gasteiger partial charge in [0, 0.05) is 46.0 Å². The maximum Gasteiger partial charge on any atom is 0.313 e. The van der Waals surface area contributed by atoms with Gasteiger partial charge in [0.15, 0.2) is 0 Å². The van der Waals surface area contributed by atoms with Crippen molar-refractivity contribution in [3.63, 3.8) is 0 Å². The van der Waals surface area contributed by atoms with Crippen LogP contribution in [0.5, 0.6) is 0 Å². The quantitative estimate of drug-likeness (QED) is 0.592. The molecule has 8 heteroatoms. The molecule has 7 nitrogen and oxygen atoms in total. The van der Waals surface area contributed by atoms with E-state index in [-0.39, 0.29) is 6.04 Å². The Bertz CT molecular complexity index is 972. The molecule has 1 aromatic carbocycles. The highest BCUT2D eigenvalue weighted by Crippen LogP contribution is 2.27. The molecule has 2 aromatic heterocycles. The fraction of sp³-hybridized carbons (Fsp3) is 0.200. The molecular weight excluding hydrogens is 374 g/mol. The number of fused-ring (bicyclic) bond motifs is 1. The van der Waals surface area contributed by atoms with Crippen molar-refractivity contribution in [1.82, 2.24) is 20.5 Å². The van der Waals surface area contributed by atoms with E-state index in [4.69, 9.17) is 0 Å². The SMILES string of the molecule is O=C(Nc1ccc(Sc2ccncc2)cc1)C(=O)NC1CCc2cn[nH]c2C1. The van der Waals surface area contributed by atoms with E-state index in [0.29, 0.717) is 12.1 Å². The molecule has 0 fully saturated rings. The van der Waals surface area contributed by atoms with Gasteiger partial charge in [-0.3, -0.25) is 19.7 Å². The molecule has 142 valence electrons. The van der Waals surface area contributed by atoms with Crippen LogP contribution in [-0.4, -0.2) is 33.0 Å². The zero-order valence-electron chi connectivity index (χ0n) is 15.0. The lowest BCUT2D eigenvalue weighted by atomic mass is 9.94. The zero-order chi connectivity index (χ0) is 19.3. The van der Waals surface area contributed by atoms with E-state index in [2.05, 4.69) is 25.8 Å². The summed E-state index contributed by atoms with van der Waals surface area (Å²) in [5.41, 5.74) is 2.79. The van der Waals surface area contributed by atoms with Crippen LogP contribution in [-0.2, 0) is 22.4 Å². The number of hydrogen-bond acceptors (Lipinski definition) is 5. The first-order chi connectivity index (χ1) is 13.7.